The summed E-state index contributed by atoms with van der Waals surface area (Å²) in [6, 6.07) is 20.1. The molecule has 4 heteroatoms. The lowest BCUT2D eigenvalue weighted by Crippen LogP contribution is -1.93. The van der Waals surface area contributed by atoms with Gasteiger partial charge in [-0.25, -0.2) is 0 Å². The average Bonchev–Trinajstić information content (AvgIpc) is 2.63. The van der Waals surface area contributed by atoms with E-state index in [1.165, 1.54) is 0 Å². The van der Waals surface area contributed by atoms with Crippen LogP contribution in [0, 0.1) is 0 Å². The fourth-order valence-corrected chi connectivity index (χ4v) is 2.41. The van der Waals surface area contributed by atoms with Crippen LogP contribution in [-0.2, 0) is 0 Å². The van der Waals surface area contributed by atoms with Crippen LogP contribution in [0.2, 0.25) is 0 Å². The summed E-state index contributed by atoms with van der Waals surface area (Å²) in [6.07, 6.45) is 0. The van der Waals surface area contributed by atoms with E-state index in [4.69, 9.17) is 14.2 Å². The first-order chi connectivity index (χ1) is 11.7. The van der Waals surface area contributed by atoms with E-state index >= 15 is 0 Å². The van der Waals surface area contributed by atoms with E-state index in [1.54, 1.807) is 32.4 Å². The normalized spacial score (nSPS) is 10.2. The molecule has 4 nitrogen and oxygen atoms in total. The number of aromatic hydroxyl groups is 1. The minimum absolute atomic E-state index is 0.231. The largest absolute Gasteiger partial charge is 0.508 e. The number of phenols is 1. The van der Waals surface area contributed by atoms with Gasteiger partial charge in [0.05, 0.1) is 14.2 Å². The zero-order chi connectivity index (χ0) is 16.9. The van der Waals surface area contributed by atoms with Crippen molar-refractivity contribution in [3.63, 3.8) is 0 Å². The molecule has 0 atom stereocenters. The highest BCUT2D eigenvalue weighted by Gasteiger charge is 2.11. The van der Waals surface area contributed by atoms with E-state index in [0.29, 0.717) is 23.0 Å². The molecule has 0 fully saturated rings. The molecule has 0 amide bonds. The van der Waals surface area contributed by atoms with Crippen molar-refractivity contribution in [2.45, 2.75) is 0 Å². The molecule has 1 N–H and O–H groups in total. The molecule has 0 spiro atoms. The molecule has 24 heavy (non-hydrogen) atoms. The summed E-state index contributed by atoms with van der Waals surface area (Å²) in [6.45, 7) is 0. The lowest BCUT2D eigenvalue weighted by molar-refractivity contribution is 0.369. The highest BCUT2D eigenvalue weighted by molar-refractivity contribution is 5.71. The molecule has 3 aromatic carbocycles. The molecule has 0 aromatic heterocycles. The quantitative estimate of drug-likeness (QED) is 0.728. The molecular formula is C20H18O4. The van der Waals surface area contributed by atoms with Gasteiger partial charge in [0.2, 0.25) is 0 Å². The van der Waals surface area contributed by atoms with Crippen LogP contribution in [0.25, 0.3) is 11.1 Å². The average molecular weight is 322 g/mol. The van der Waals surface area contributed by atoms with Crippen LogP contribution in [0.4, 0.5) is 0 Å². The number of benzene rings is 3. The zero-order valence-corrected chi connectivity index (χ0v) is 13.5. The molecule has 0 saturated heterocycles. The molecule has 0 radical (unpaired) electrons. The first kappa shape index (κ1) is 15.7. The summed E-state index contributed by atoms with van der Waals surface area (Å²) in [5.41, 5.74) is 1.88. The van der Waals surface area contributed by atoms with E-state index in [9.17, 15) is 5.11 Å². The van der Waals surface area contributed by atoms with Crippen LogP contribution in [-0.4, -0.2) is 19.3 Å². The van der Waals surface area contributed by atoms with E-state index < -0.39 is 0 Å². The molecule has 122 valence electrons. The number of phenolic OH excluding ortho intramolecular Hbond substituents is 1. The van der Waals surface area contributed by atoms with Gasteiger partial charge in [0.25, 0.3) is 0 Å². The van der Waals surface area contributed by atoms with Crippen molar-refractivity contribution in [1.29, 1.82) is 0 Å². The Morgan fingerprint density at radius 3 is 2.17 bits per heavy atom. The number of rotatable bonds is 5. The van der Waals surface area contributed by atoms with Crippen LogP contribution in [0.15, 0.2) is 66.7 Å². The molecule has 3 aromatic rings. The molecule has 0 saturated carbocycles. The van der Waals surface area contributed by atoms with Gasteiger partial charge in [-0.3, -0.25) is 0 Å². The Balaban J connectivity index is 1.98. The van der Waals surface area contributed by atoms with Crippen molar-refractivity contribution < 1.29 is 19.3 Å². The minimum Gasteiger partial charge on any atom is -0.508 e. The van der Waals surface area contributed by atoms with Gasteiger partial charge in [-0.05, 0) is 35.9 Å². The van der Waals surface area contributed by atoms with Crippen molar-refractivity contribution in [1.82, 2.24) is 0 Å². The third kappa shape index (κ3) is 3.27. The molecule has 0 unspecified atom stereocenters. The second-order valence-electron chi connectivity index (χ2n) is 5.16. The Hall–Kier alpha value is -3.14. The topological polar surface area (TPSA) is 47.9 Å². The lowest BCUT2D eigenvalue weighted by atomic mass is 10.0. The van der Waals surface area contributed by atoms with Crippen molar-refractivity contribution in [3.8, 4) is 39.9 Å². The van der Waals surface area contributed by atoms with Gasteiger partial charge in [-0.2, -0.15) is 0 Å². The summed E-state index contributed by atoms with van der Waals surface area (Å²) in [5.74, 6) is 2.83. The molecule has 0 aliphatic rings. The first-order valence-electron chi connectivity index (χ1n) is 7.49. The second kappa shape index (κ2) is 6.96. The summed E-state index contributed by atoms with van der Waals surface area (Å²) in [5, 5.41) is 9.47. The van der Waals surface area contributed by atoms with Gasteiger partial charge in [0, 0.05) is 11.6 Å². The Morgan fingerprint density at radius 1 is 0.708 bits per heavy atom. The van der Waals surface area contributed by atoms with Crippen LogP contribution >= 0.6 is 0 Å². The number of para-hydroxylation sites is 1. The molecule has 3 rings (SSSR count). The van der Waals surface area contributed by atoms with Gasteiger partial charge in [0.1, 0.15) is 17.2 Å². The summed E-state index contributed by atoms with van der Waals surface area (Å²) >= 11 is 0. The molecule has 0 bridgehead atoms. The van der Waals surface area contributed by atoms with Crippen molar-refractivity contribution >= 4 is 0 Å². The van der Waals surface area contributed by atoms with Crippen LogP contribution in [0.3, 0.4) is 0 Å². The van der Waals surface area contributed by atoms with Gasteiger partial charge in [-0.15, -0.1) is 0 Å². The summed E-state index contributed by atoms with van der Waals surface area (Å²) < 4.78 is 16.7. The lowest BCUT2D eigenvalue weighted by Gasteiger charge is -2.14. The van der Waals surface area contributed by atoms with E-state index in [1.807, 2.05) is 48.5 Å². The van der Waals surface area contributed by atoms with Gasteiger partial charge in [-0.1, -0.05) is 30.3 Å². The minimum atomic E-state index is 0.231. The van der Waals surface area contributed by atoms with Crippen molar-refractivity contribution in [2.75, 3.05) is 14.2 Å². The highest BCUT2D eigenvalue weighted by atomic mass is 16.5. The first-order valence-corrected chi connectivity index (χ1v) is 7.49. The highest BCUT2D eigenvalue weighted by Crippen LogP contribution is 2.38. The zero-order valence-electron chi connectivity index (χ0n) is 13.5. The van der Waals surface area contributed by atoms with Gasteiger partial charge >= 0.3 is 0 Å². The number of methoxy groups -OCH3 is 2. The standard InChI is InChI=1S/C20H18O4/c1-22-16-11-12-19(20(13-16)23-2)24-18-6-4-3-5-17(18)14-7-9-15(21)10-8-14/h3-13,21H,1-2H3. The Morgan fingerprint density at radius 2 is 1.46 bits per heavy atom. The summed E-state index contributed by atoms with van der Waals surface area (Å²) in [4.78, 5) is 0. The molecule has 0 heterocycles. The Kier molecular flexibility index (Phi) is 4.57. The van der Waals surface area contributed by atoms with Crippen LogP contribution in [0.5, 0.6) is 28.7 Å². The SMILES string of the molecule is COc1ccc(Oc2ccccc2-c2ccc(O)cc2)c(OC)c1. The third-order valence-corrected chi connectivity index (χ3v) is 3.66. The van der Waals surface area contributed by atoms with Crippen LogP contribution in [0.1, 0.15) is 0 Å². The van der Waals surface area contributed by atoms with Crippen molar-refractivity contribution in [3.05, 3.63) is 66.7 Å². The maximum atomic E-state index is 9.47. The van der Waals surface area contributed by atoms with Gasteiger partial charge in [0.15, 0.2) is 11.5 Å². The van der Waals surface area contributed by atoms with E-state index in [-0.39, 0.29) is 5.75 Å². The fourth-order valence-electron chi connectivity index (χ4n) is 2.41. The number of ether oxygens (including phenoxy) is 3. The second-order valence-corrected chi connectivity index (χ2v) is 5.16. The predicted octanol–water partition coefficient (Wildman–Crippen LogP) is 4.87. The van der Waals surface area contributed by atoms with Crippen LogP contribution < -0.4 is 14.2 Å². The number of hydrogen-bond acceptors (Lipinski definition) is 4. The molecule has 0 aliphatic carbocycles. The Bertz CT molecular complexity index is 825. The molecule has 0 aliphatic heterocycles. The summed E-state index contributed by atoms with van der Waals surface area (Å²) in [7, 11) is 3.20. The monoisotopic (exact) mass is 322 g/mol. The smallest absolute Gasteiger partial charge is 0.169 e. The third-order valence-electron chi connectivity index (χ3n) is 3.66. The maximum Gasteiger partial charge on any atom is 0.169 e. The van der Waals surface area contributed by atoms with Gasteiger partial charge < -0.3 is 19.3 Å². The Labute approximate surface area is 140 Å². The van der Waals surface area contributed by atoms with E-state index in [0.717, 1.165) is 11.1 Å². The van der Waals surface area contributed by atoms with E-state index in [2.05, 4.69) is 0 Å². The number of hydrogen-bond donors (Lipinski definition) is 1. The van der Waals surface area contributed by atoms with Crippen molar-refractivity contribution in [2.24, 2.45) is 0 Å². The maximum absolute atomic E-state index is 9.47. The molecular weight excluding hydrogens is 304 g/mol. The predicted molar refractivity (Wildman–Crippen MR) is 93.2 cm³/mol. The fraction of sp³-hybridized carbons (Fsp3) is 0.100.